The van der Waals surface area contributed by atoms with Crippen LogP contribution in [0.3, 0.4) is 0 Å². The third-order valence-corrected chi connectivity index (χ3v) is 9.22. The second-order valence-electron chi connectivity index (χ2n) is 12.2. The Bertz CT molecular complexity index is 1030. The number of fused-ring (bicyclic) bond motifs is 1. The highest BCUT2D eigenvalue weighted by molar-refractivity contribution is 5.90. The van der Waals surface area contributed by atoms with Crippen molar-refractivity contribution < 1.29 is 9.59 Å². The van der Waals surface area contributed by atoms with Crippen LogP contribution in [0.4, 0.5) is 0 Å². The molecular weight excluding hydrogens is 438 g/mol. The molecule has 7 rings (SSSR count). The van der Waals surface area contributed by atoms with Gasteiger partial charge >= 0.3 is 0 Å². The van der Waals surface area contributed by atoms with Gasteiger partial charge in [-0.15, -0.1) is 0 Å². The van der Waals surface area contributed by atoms with E-state index in [-0.39, 0.29) is 23.1 Å². The minimum Gasteiger partial charge on any atom is -0.344 e. The molecule has 2 aromatic heterocycles. The van der Waals surface area contributed by atoms with Gasteiger partial charge in [0.25, 0.3) is 0 Å². The minimum atomic E-state index is -0.430. The van der Waals surface area contributed by atoms with E-state index in [4.69, 9.17) is 4.98 Å². The van der Waals surface area contributed by atoms with Crippen LogP contribution in [0.5, 0.6) is 0 Å². The molecule has 0 radical (unpaired) electrons. The zero-order valence-electron chi connectivity index (χ0n) is 21.2. The Kier molecular flexibility index (Phi) is 5.86. The highest BCUT2D eigenvalue weighted by Crippen LogP contribution is 2.60. The van der Waals surface area contributed by atoms with E-state index in [0.29, 0.717) is 13.1 Å². The number of rotatable bonds is 6. The van der Waals surface area contributed by atoms with Crippen molar-refractivity contribution in [1.82, 2.24) is 24.5 Å². The van der Waals surface area contributed by atoms with Gasteiger partial charge in [0.2, 0.25) is 11.8 Å². The summed E-state index contributed by atoms with van der Waals surface area (Å²) in [6, 6.07) is 5.60. The van der Waals surface area contributed by atoms with Crippen LogP contribution < -0.4 is 5.32 Å². The summed E-state index contributed by atoms with van der Waals surface area (Å²) in [5.74, 6) is 2.50. The van der Waals surface area contributed by atoms with E-state index in [9.17, 15) is 9.59 Å². The fourth-order valence-corrected chi connectivity index (χ4v) is 7.81. The molecule has 35 heavy (non-hydrogen) atoms. The molecule has 0 aromatic carbocycles. The number of hydrogen-bond donors (Lipinski definition) is 1. The monoisotopic (exact) mass is 477 g/mol. The summed E-state index contributed by atoms with van der Waals surface area (Å²) in [7, 11) is 0. The molecule has 1 atom stereocenters. The number of pyridine rings is 1. The first kappa shape index (κ1) is 23.0. The molecule has 2 aromatic rings. The molecule has 1 aliphatic heterocycles. The number of nitrogens with zero attached hydrogens (tertiary/aromatic N) is 4. The summed E-state index contributed by atoms with van der Waals surface area (Å²) in [4.78, 5) is 36.2. The van der Waals surface area contributed by atoms with Gasteiger partial charge in [-0.05, 0) is 74.3 Å². The first-order valence-electron chi connectivity index (χ1n) is 13.6. The van der Waals surface area contributed by atoms with Crippen LogP contribution in [0.25, 0.3) is 5.65 Å². The van der Waals surface area contributed by atoms with Crippen LogP contribution in [0.2, 0.25) is 0 Å². The van der Waals surface area contributed by atoms with Gasteiger partial charge < -0.3 is 14.6 Å². The second kappa shape index (κ2) is 8.91. The average Bonchev–Trinajstić information content (AvgIpc) is 3.23. The standard InChI is InChI=1S/C28H39N5O2/c1-19(2)25(30-27(35)28-14-20-11-21(15-28)13-22(12-20)16-28)26(34)32-9-7-31(8-10-32)17-23-18-33-6-4-3-5-24(33)29-23/h3-6,18-22,25H,7-17H2,1-2H3,(H,30,35). The average molecular weight is 478 g/mol. The van der Waals surface area contributed by atoms with Crippen molar-refractivity contribution in [2.24, 2.45) is 29.1 Å². The van der Waals surface area contributed by atoms with Crippen LogP contribution in [0.15, 0.2) is 30.6 Å². The van der Waals surface area contributed by atoms with Gasteiger partial charge in [0, 0.05) is 50.5 Å². The van der Waals surface area contributed by atoms with E-state index in [1.54, 1.807) is 0 Å². The van der Waals surface area contributed by atoms with Crippen LogP contribution in [0.1, 0.15) is 58.1 Å². The third-order valence-electron chi connectivity index (χ3n) is 9.22. The summed E-state index contributed by atoms with van der Waals surface area (Å²) in [6.45, 7) is 7.95. The lowest BCUT2D eigenvalue weighted by molar-refractivity contribution is -0.151. The van der Waals surface area contributed by atoms with Gasteiger partial charge in [0.15, 0.2) is 0 Å². The Hall–Kier alpha value is -2.41. The number of nitrogens with one attached hydrogen (secondary N) is 1. The Balaban J connectivity index is 1.06. The van der Waals surface area contributed by atoms with Crippen molar-refractivity contribution in [2.45, 2.75) is 65.0 Å². The summed E-state index contributed by atoms with van der Waals surface area (Å²) >= 11 is 0. The van der Waals surface area contributed by atoms with Crippen LogP contribution in [-0.4, -0.2) is 63.2 Å². The SMILES string of the molecule is CC(C)C(NC(=O)C12CC3CC(CC(C3)C1)C2)C(=O)N1CCN(Cc2cn3ccccc3n2)CC1. The van der Waals surface area contributed by atoms with Crippen LogP contribution in [-0.2, 0) is 16.1 Å². The third kappa shape index (κ3) is 4.37. The second-order valence-corrected chi connectivity index (χ2v) is 12.2. The van der Waals surface area contributed by atoms with E-state index in [1.165, 1.54) is 19.3 Å². The van der Waals surface area contributed by atoms with Gasteiger partial charge in [0.1, 0.15) is 11.7 Å². The fraction of sp³-hybridized carbons (Fsp3) is 0.679. The summed E-state index contributed by atoms with van der Waals surface area (Å²) in [5, 5.41) is 3.28. The van der Waals surface area contributed by atoms with Gasteiger partial charge in [-0.3, -0.25) is 14.5 Å². The lowest BCUT2D eigenvalue weighted by Gasteiger charge is -2.56. The lowest BCUT2D eigenvalue weighted by Crippen LogP contribution is -2.60. The minimum absolute atomic E-state index is 0.0800. The number of carbonyl (C=O) groups excluding carboxylic acids is 2. The molecule has 1 N–H and O–H groups in total. The maximum Gasteiger partial charge on any atom is 0.245 e. The molecule has 4 saturated carbocycles. The number of aromatic nitrogens is 2. The van der Waals surface area contributed by atoms with Crippen molar-refractivity contribution in [1.29, 1.82) is 0 Å². The first-order chi connectivity index (χ1) is 16.9. The Labute approximate surface area is 208 Å². The van der Waals surface area contributed by atoms with E-state index >= 15 is 0 Å². The molecular formula is C28H39N5O2. The van der Waals surface area contributed by atoms with Gasteiger partial charge in [-0.1, -0.05) is 19.9 Å². The largest absolute Gasteiger partial charge is 0.344 e. The molecule has 4 aliphatic carbocycles. The quantitative estimate of drug-likeness (QED) is 0.693. The highest BCUT2D eigenvalue weighted by Gasteiger charge is 2.55. The summed E-state index contributed by atoms with van der Waals surface area (Å²) < 4.78 is 2.05. The molecule has 188 valence electrons. The molecule has 4 bridgehead atoms. The zero-order valence-corrected chi connectivity index (χ0v) is 21.2. The van der Waals surface area contributed by atoms with Crippen molar-refractivity contribution in [3.63, 3.8) is 0 Å². The maximum atomic E-state index is 13.6. The topological polar surface area (TPSA) is 70.0 Å². The zero-order chi connectivity index (χ0) is 24.2. The number of carbonyl (C=O) groups is 2. The van der Waals surface area contributed by atoms with Crippen LogP contribution in [0, 0.1) is 29.1 Å². The molecule has 0 spiro atoms. The molecule has 2 amide bonds. The first-order valence-corrected chi connectivity index (χ1v) is 13.6. The Morgan fingerprint density at radius 3 is 2.29 bits per heavy atom. The van der Waals surface area contributed by atoms with E-state index in [1.807, 2.05) is 29.3 Å². The van der Waals surface area contributed by atoms with E-state index in [2.05, 4.69) is 34.7 Å². The summed E-state index contributed by atoms with van der Waals surface area (Å²) in [5.41, 5.74) is 1.80. The normalized spacial score (nSPS) is 31.3. The predicted octanol–water partition coefficient (Wildman–Crippen LogP) is 3.34. The van der Waals surface area contributed by atoms with E-state index < -0.39 is 6.04 Å². The summed E-state index contributed by atoms with van der Waals surface area (Å²) in [6.07, 6.45) is 11.2. The number of imidazole rings is 1. The molecule has 1 unspecified atom stereocenters. The van der Waals surface area contributed by atoms with Crippen molar-refractivity contribution in [3.8, 4) is 0 Å². The molecule has 5 aliphatic rings. The maximum absolute atomic E-state index is 13.6. The molecule has 1 saturated heterocycles. The smallest absolute Gasteiger partial charge is 0.245 e. The van der Waals surface area contributed by atoms with Crippen LogP contribution >= 0.6 is 0 Å². The fourth-order valence-electron chi connectivity index (χ4n) is 7.81. The number of hydrogen-bond acceptors (Lipinski definition) is 4. The Morgan fingerprint density at radius 2 is 1.69 bits per heavy atom. The number of piperazine rings is 1. The van der Waals surface area contributed by atoms with E-state index in [0.717, 1.165) is 68.0 Å². The molecule has 5 fully saturated rings. The molecule has 3 heterocycles. The van der Waals surface area contributed by atoms with Gasteiger partial charge in [-0.25, -0.2) is 4.98 Å². The Morgan fingerprint density at radius 1 is 1.03 bits per heavy atom. The predicted molar refractivity (Wildman–Crippen MR) is 134 cm³/mol. The van der Waals surface area contributed by atoms with Crippen molar-refractivity contribution in [3.05, 3.63) is 36.3 Å². The van der Waals surface area contributed by atoms with Gasteiger partial charge in [0.05, 0.1) is 5.69 Å². The molecule has 7 heteroatoms. The highest BCUT2D eigenvalue weighted by atomic mass is 16.2. The van der Waals surface area contributed by atoms with Gasteiger partial charge in [-0.2, -0.15) is 0 Å². The lowest BCUT2D eigenvalue weighted by atomic mass is 9.49. The van der Waals surface area contributed by atoms with Crippen molar-refractivity contribution >= 4 is 17.5 Å². The molecule has 7 nitrogen and oxygen atoms in total. The number of amides is 2. The van der Waals surface area contributed by atoms with Crippen molar-refractivity contribution in [2.75, 3.05) is 26.2 Å².